The van der Waals surface area contributed by atoms with Crippen LogP contribution in [0.2, 0.25) is 0 Å². The summed E-state index contributed by atoms with van der Waals surface area (Å²) in [6.07, 6.45) is 3.18. The van der Waals surface area contributed by atoms with E-state index < -0.39 is 11.8 Å². The second kappa shape index (κ2) is 9.44. The number of hydrogen-bond acceptors (Lipinski definition) is 8. The summed E-state index contributed by atoms with van der Waals surface area (Å²) in [5.41, 5.74) is 0.723. The Balaban J connectivity index is 1.43. The van der Waals surface area contributed by atoms with Crippen LogP contribution < -0.4 is 15.1 Å². The van der Waals surface area contributed by atoms with Crippen molar-refractivity contribution in [3.8, 4) is 0 Å². The number of halogens is 1. The van der Waals surface area contributed by atoms with E-state index in [4.69, 9.17) is 9.72 Å². The lowest BCUT2D eigenvalue weighted by molar-refractivity contribution is -0.00860. The molecule has 2 aromatic heterocycles. The third-order valence-corrected chi connectivity index (χ3v) is 7.60. The number of aromatic nitrogens is 3. The van der Waals surface area contributed by atoms with E-state index >= 15 is 0 Å². The van der Waals surface area contributed by atoms with Gasteiger partial charge in [0.25, 0.3) is 0 Å². The number of rotatable bonds is 6. The van der Waals surface area contributed by atoms with Crippen LogP contribution in [0.15, 0.2) is 36.7 Å². The number of aliphatic hydroxyl groups is 1. The van der Waals surface area contributed by atoms with Crippen molar-refractivity contribution in [3.05, 3.63) is 42.2 Å². The highest BCUT2D eigenvalue weighted by Gasteiger charge is 2.40. The Morgan fingerprint density at radius 3 is 2.69 bits per heavy atom. The van der Waals surface area contributed by atoms with Crippen molar-refractivity contribution in [3.63, 3.8) is 0 Å². The maximum atomic E-state index is 14.7. The average molecular weight is 495 g/mol. The number of piperidine rings is 1. The molecule has 36 heavy (non-hydrogen) atoms. The third kappa shape index (κ3) is 4.46. The van der Waals surface area contributed by atoms with E-state index in [0.29, 0.717) is 42.5 Å². The van der Waals surface area contributed by atoms with Crippen LogP contribution in [-0.2, 0) is 4.74 Å². The topological polar surface area (TPSA) is 86.6 Å². The number of fused-ring (bicyclic) bond motifs is 1. The number of aliphatic hydroxyl groups excluding tert-OH is 1. The molecule has 2 N–H and O–H groups in total. The number of pyridine rings is 1. The highest BCUT2D eigenvalue weighted by Crippen LogP contribution is 2.38. The Labute approximate surface area is 211 Å². The highest BCUT2D eigenvalue weighted by atomic mass is 19.1. The van der Waals surface area contributed by atoms with E-state index in [1.807, 2.05) is 6.20 Å². The van der Waals surface area contributed by atoms with Gasteiger partial charge < -0.3 is 25.0 Å². The van der Waals surface area contributed by atoms with Crippen LogP contribution in [0.5, 0.6) is 0 Å². The predicted molar refractivity (Wildman–Crippen MR) is 141 cm³/mol. The molecule has 4 heterocycles. The number of anilines is 4. The van der Waals surface area contributed by atoms with E-state index in [9.17, 15) is 9.50 Å². The molecule has 0 unspecified atom stereocenters. The van der Waals surface area contributed by atoms with Gasteiger partial charge in [0, 0.05) is 43.7 Å². The van der Waals surface area contributed by atoms with E-state index in [1.54, 1.807) is 24.3 Å². The molecular formula is C27H35FN6O2. The lowest BCUT2D eigenvalue weighted by Crippen LogP contribution is -2.59. The molecular weight excluding hydrogens is 459 g/mol. The van der Waals surface area contributed by atoms with E-state index in [1.165, 1.54) is 18.2 Å². The van der Waals surface area contributed by atoms with Crippen LogP contribution in [-0.4, -0.2) is 70.7 Å². The quantitative estimate of drug-likeness (QED) is 0.521. The minimum absolute atomic E-state index is 0.0468. The predicted octanol–water partition coefficient (Wildman–Crippen LogP) is 4.41. The number of benzene rings is 1. The van der Waals surface area contributed by atoms with E-state index in [2.05, 4.69) is 59.2 Å². The zero-order chi connectivity index (χ0) is 25.6. The minimum atomic E-state index is -1.70. The van der Waals surface area contributed by atoms with Gasteiger partial charge in [-0.2, -0.15) is 4.98 Å². The molecule has 9 heteroatoms. The third-order valence-electron chi connectivity index (χ3n) is 7.60. The van der Waals surface area contributed by atoms with Crippen molar-refractivity contribution < 1.29 is 14.2 Å². The van der Waals surface area contributed by atoms with Crippen LogP contribution in [0.3, 0.4) is 0 Å². The van der Waals surface area contributed by atoms with Crippen LogP contribution in [0.25, 0.3) is 10.8 Å². The second-order valence-corrected chi connectivity index (χ2v) is 10.5. The molecule has 2 fully saturated rings. The fraction of sp³-hybridized carbons (Fsp3) is 0.519. The van der Waals surface area contributed by atoms with Gasteiger partial charge in [0.15, 0.2) is 5.67 Å². The van der Waals surface area contributed by atoms with Crippen molar-refractivity contribution in [2.24, 2.45) is 0 Å². The van der Waals surface area contributed by atoms with Crippen LogP contribution in [0.1, 0.15) is 45.6 Å². The Kier molecular flexibility index (Phi) is 6.46. The molecule has 2 aliphatic rings. The van der Waals surface area contributed by atoms with Gasteiger partial charge >= 0.3 is 0 Å². The Hall–Kier alpha value is -3.04. The van der Waals surface area contributed by atoms with Gasteiger partial charge in [0.1, 0.15) is 11.6 Å². The molecule has 2 saturated heterocycles. The van der Waals surface area contributed by atoms with Crippen molar-refractivity contribution in [2.75, 3.05) is 41.9 Å². The number of alkyl halides is 1. The fourth-order valence-corrected chi connectivity index (χ4v) is 5.24. The first-order chi connectivity index (χ1) is 17.2. The zero-order valence-electron chi connectivity index (χ0n) is 21.6. The van der Waals surface area contributed by atoms with Crippen molar-refractivity contribution in [1.82, 2.24) is 15.0 Å². The summed E-state index contributed by atoms with van der Waals surface area (Å²) in [6.45, 7) is 9.40. The lowest BCUT2D eigenvalue weighted by Gasteiger charge is -2.47. The molecule has 0 aliphatic carbocycles. The minimum Gasteiger partial charge on any atom is -0.390 e. The van der Waals surface area contributed by atoms with E-state index in [0.717, 1.165) is 17.3 Å². The molecule has 8 nitrogen and oxygen atoms in total. The first-order valence-corrected chi connectivity index (χ1v) is 12.6. The van der Waals surface area contributed by atoms with Crippen molar-refractivity contribution in [2.45, 2.75) is 64.0 Å². The maximum Gasteiger partial charge on any atom is 0.227 e. The molecule has 2 aliphatic heterocycles. The Morgan fingerprint density at radius 2 is 2.00 bits per heavy atom. The van der Waals surface area contributed by atoms with Crippen LogP contribution >= 0.6 is 0 Å². The van der Waals surface area contributed by atoms with Gasteiger partial charge in [-0.05, 0) is 55.3 Å². The zero-order valence-corrected chi connectivity index (χ0v) is 21.6. The normalized spacial score (nSPS) is 26.4. The number of hydrogen-bond donors (Lipinski definition) is 2. The summed E-state index contributed by atoms with van der Waals surface area (Å²) in [5, 5.41) is 15.5. The molecule has 0 saturated carbocycles. The van der Waals surface area contributed by atoms with Crippen LogP contribution in [0, 0.1) is 0 Å². The van der Waals surface area contributed by atoms with Gasteiger partial charge in [0.2, 0.25) is 5.95 Å². The van der Waals surface area contributed by atoms with Gasteiger partial charge in [-0.3, -0.25) is 0 Å². The Bertz CT molecular complexity index is 1250. The largest absolute Gasteiger partial charge is 0.390 e. The number of nitrogens with one attached hydrogen (secondary N) is 1. The first kappa shape index (κ1) is 24.6. The van der Waals surface area contributed by atoms with Gasteiger partial charge in [-0.15, -0.1) is 0 Å². The fourth-order valence-electron chi connectivity index (χ4n) is 5.24. The monoisotopic (exact) mass is 494 g/mol. The van der Waals surface area contributed by atoms with Crippen molar-refractivity contribution >= 4 is 34.0 Å². The molecule has 0 amide bonds. The summed E-state index contributed by atoms with van der Waals surface area (Å²) < 4.78 is 20.3. The SMILES string of the molecule is CO[C@H]1CN(c2ccc(C(C)C)c3cc(Nc4ccnc(N5CC[C@@H](O)[C@@](C)(F)C5)n4)ncc23)[C@@H]1C. The molecule has 0 spiro atoms. The molecule has 4 atom stereocenters. The highest BCUT2D eigenvalue weighted by molar-refractivity contribution is 5.98. The second-order valence-electron chi connectivity index (χ2n) is 10.5. The number of ether oxygens (including phenoxy) is 1. The summed E-state index contributed by atoms with van der Waals surface area (Å²) >= 11 is 0. The molecule has 0 radical (unpaired) electrons. The Morgan fingerprint density at radius 1 is 1.19 bits per heavy atom. The average Bonchev–Trinajstić information content (AvgIpc) is 2.85. The smallest absolute Gasteiger partial charge is 0.227 e. The number of nitrogens with zero attached hydrogens (tertiary/aromatic N) is 5. The molecule has 3 aromatic rings. The summed E-state index contributed by atoms with van der Waals surface area (Å²) in [6, 6.07) is 8.56. The van der Waals surface area contributed by atoms with Gasteiger partial charge in [-0.1, -0.05) is 19.9 Å². The van der Waals surface area contributed by atoms with Crippen LogP contribution in [0.4, 0.5) is 27.7 Å². The van der Waals surface area contributed by atoms with Gasteiger partial charge in [0.05, 0.1) is 24.8 Å². The molecule has 1 aromatic carbocycles. The standard InChI is InChI=1S/C27H35FN6O2/c1-16(2)18-6-7-21(34-14-22(36-5)17(34)3)20-13-30-25(12-19(18)20)31-24-8-10-29-26(32-24)33-11-9-23(35)27(4,28)15-33/h6-8,10,12-13,16-17,22-23,35H,9,11,14-15H2,1-5H3,(H,29,30,31,32)/t17-,22+,23-,27+/m1/s1. The number of methoxy groups -OCH3 is 1. The summed E-state index contributed by atoms with van der Waals surface area (Å²) in [4.78, 5) is 17.8. The maximum absolute atomic E-state index is 14.7. The van der Waals surface area contributed by atoms with Crippen molar-refractivity contribution in [1.29, 1.82) is 0 Å². The van der Waals surface area contributed by atoms with Gasteiger partial charge in [-0.25, -0.2) is 14.4 Å². The first-order valence-electron chi connectivity index (χ1n) is 12.6. The molecule has 5 rings (SSSR count). The molecule has 192 valence electrons. The summed E-state index contributed by atoms with van der Waals surface area (Å²) in [5.74, 6) is 2.05. The van der Waals surface area contributed by atoms with E-state index in [-0.39, 0.29) is 12.6 Å². The lowest BCUT2D eigenvalue weighted by atomic mass is 9.93. The molecule has 0 bridgehead atoms. The summed E-state index contributed by atoms with van der Waals surface area (Å²) in [7, 11) is 1.77.